The van der Waals surface area contributed by atoms with Gasteiger partial charge in [0.1, 0.15) is 0 Å². The molecule has 2 aliphatic carbocycles. The van der Waals surface area contributed by atoms with Crippen molar-refractivity contribution >= 4 is 11.6 Å². The highest BCUT2D eigenvalue weighted by atomic mass is 16.1. The standard InChI is InChI=1S/C17H24N2O/c18-15-8-1-12(2-9-15)3-10-17(20)19-11-16(13-4-5-13)14-6-7-14/h1-2,8-9,13-14,16H,3-7,10-11,18H2,(H,19,20). The summed E-state index contributed by atoms with van der Waals surface area (Å²) in [7, 11) is 0. The number of carbonyl (C=O) groups is 1. The molecule has 0 saturated heterocycles. The van der Waals surface area contributed by atoms with Crippen LogP contribution in [0.15, 0.2) is 24.3 Å². The van der Waals surface area contributed by atoms with Gasteiger partial charge in [-0.05, 0) is 67.6 Å². The van der Waals surface area contributed by atoms with E-state index in [1.54, 1.807) is 0 Å². The fourth-order valence-corrected chi connectivity index (χ4v) is 3.03. The minimum absolute atomic E-state index is 0.188. The predicted molar refractivity (Wildman–Crippen MR) is 81.1 cm³/mol. The number of hydrogen-bond donors (Lipinski definition) is 2. The highest BCUT2D eigenvalue weighted by Crippen LogP contribution is 2.48. The molecule has 0 spiro atoms. The molecule has 0 unspecified atom stereocenters. The van der Waals surface area contributed by atoms with E-state index in [4.69, 9.17) is 5.73 Å². The van der Waals surface area contributed by atoms with E-state index in [1.807, 2.05) is 24.3 Å². The molecule has 20 heavy (non-hydrogen) atoms. The predicted octanol–water partition coefficient (Wildman–Crippen LogP) is 2.75. The first-order valence-electron chi connectivity index (χ1n) is 7.83. The third-order valence-electron chi connectivity index (χ3n) is 4.61. The summed E-state index contributed by atoms with van der Waals surface area (Å²) < 4.78 is 0. The van der Waals surface area contributed by atoms with Crippen molar-refractivity contribution in [3.8, 4) is 0 Å². The number of benzene rings is 1. The Hall–Kier alpha value is -1.51. The Kier molecular flexibility index (Phi) is 3.95. The maximum atomic E-state index is 11.9. The molecule has 3 rings (SSSR count). The van der Waals surface area contributed by atoms with E-state index in [0.29, 0.717) is 6.42 Å². The van der Waals surface area contributed by atoms with Crippen LogP contribution in [0.2, 0.25) is 0 Å². The molecule has 2 aliphatic rings. The van der Waals surface area contributed by atoms with Crippen LogP contribution in [0, 0.1) is 17.8 Å². The lowest BCUT2D eigenvalue weighted by Gasteiger charge is -2.16. The maximum absolute atomic E-state index is 11.9. The third-order valence-corrected chi connectivity index (χ3v) is 4.61. The lowest BCUT2D eigenvalue weighted by Crippen LogP contribution is -2.31. The quantitative estimate of drug-likeness (QED) is 0.750. The summed E-state index contributed by atoms with van der Waals surface area (Å²) in [6, 6.07) is 7.78. The molecule has 1 aromatic carbocycles. The average molecular weight is 272 g/mol. The molecular weight excluding hydrogens is 248 g/mol. The van der Waals surface area contributed by atoms with Crippen LogP contribution in [0.4, 0.5) is 5.69 Å². The molecule has 1 aromatic rings. The molecule has 0 radical (unpaired) electrons. The molecule has 3 nitrogen and oxygen atoms in total. The molecule has 108 valence electrons. The average Bonchev–Trinajstić information content (AvgIpc) is 3.31. The zero-order valence-corrected chi connectivity index (χ0v) is 12.0. The summed E-state index contributed by atoms with van der Waals surface area (Å²) in [5, 5.41) is 3.14. The molecule has 0 aliphatic heterocycles. The first kappa shape index (κ1) is 13.5. The first-order chi connectivity index (χ1) is 9.72. The molecular formula is C17H24N2O. The van der Waals surface area contributed by atoms with Gasteiger partial charge in [-0.25, -0.2) is 0 Å². The van der Waals surface area contributed by atoms with Crippen LogP contribution in [0.25, 0.3) is 0 Å². The van der Waals surface area contributed by atoms with Gasteiger partial charge < -0.3 is 11.1 Å². The normalized spacial score (nSPS) is 18.2. The van der Waals surface area contributed by atoms with E-state index in [0.717, 1.165) is 36.4 Å². The molecule has 0 heterocycles. The Balaban J connectivity index is 1.39. The van der Waals surface area contributed by atoms with Gasteiger partial charge in [0.15, 0.2) is 0 Å². The molecule has 0 bridgehead atoms. The van der Waals surface area contributed by atoms with Crippen molar-refractivity contribution in [2.45, 2.75) is 38.5 Å². The van der Waals surface area contributed by atoms with Gasteiger partial charge in [0.2, 0.25) is 5.91 Å². The van der Waals surface area contributed by atoms with Crippen LogP contribution in [0.1, 0.15) is 37.7 Å². The van der Waals surface area contributed by atoms with Crippen LogP contribution in [-0.4, -0.2) is 12.5 Å². The third kappa shape index (κ3) is 3.75. The fourth-order valence-electron chi connectivity index (χ4n) is 3.03. The number of carbonyl (C=O) groups excluding carboxylic acids is 1. The van der Waals surface area contributed by atoms with E-state index in [2.05, 4.69) is 5.32 Å². The molecule has 2 fully saturated rings. The van der Waals surface area contributed by atoms with Gasteiger partial charge in [-0.1, -0.05) is 12.1 Å². The maximum Gasteiger partial charge on any atom is 0.220 e. The highest BCUT2D eigenvalue weighted by Gasteiger charge is 2.41. The molecule has 0 aromatic heterocycles. The zero-order valence-electron chi connectivity index (χ0n) is 12.0. The van der Waals surface area contributed by atoms with Crippen molar-refractivity contribution in [3.63, 3.8) is 0 Å². The lowest BCUT2D eigenvalue weighted by molar-refractivity contribution is -0.121. The van der Waals surface area contributed by atoms with Gasteiger partial charge in [0.25, 0.3) is 0 Å². The number of anilines is 1. The number of aryl methyl sites for hydroxylation is 1. The van der Waals surface area contributed by atoms with Crippen LogP contribution >= 0.6 is 0 Å². The van der Waals surface area contributed by atoms with Gasteiger partial charge in [0, 0.05) is 18.7 Å². The van der Waals surface area contributed by atoms with E-state index >= 15 is 0 Å². The zero-order chi connectivity index (χ0) is 13.9. The van der Waals surface area contributed by atoms with Crippen LogP contribution in [0.3, 0.4) is 0 Å². The molecule has 1 amide bonds. The van der Waals surface area contributed by atoms with E-state index < -0.39 is 0 Å². The van der Waals surface area contributed by atoms with Crippen LogP contribution in [0.5, 0.6) is 0 Å². The minimum Gasteiger partial charge on any atom is -0.399 e. The van der Waals surface area contributed by atoms with Crippen LogP contribution < -0.4 is 11.1 Å². The van der Waals surface area contributed by atoms with Crippen molar-refractivity contribution in [1.29, 1.82) is 0 Å². The Bertz CT molecular complexity index is 448. The summed E-state index contributed by atoms with van der Waals surface area (Å²) in [5.74, 6) is 2.75. The van der Waals surface area contributed by atoms with Crippen molar-refractivity contribution in [2.24, 2.45) is 17.8 Å². The molecule has 3 N–H and O–H groups in total. The van der Waals surface area contributed by atoms with Crippen molar-refractivity contribution in [3.05, 3.63) is 29.8 Å². The molecule has 3 heteroatoms. The van der Waals surface area contributed by atoms with E-state index in [-0.39, 0.29) is 5.91 Å². The number of nitrogens with two attached hydrogens (primary N) is 1. The number of hydrogen-bond acceptors (Lipinski definition) is 2. The Morgan fingerprint density at radius 2 is 1.75 bits per heavy atom. The second-order valence-corrected chi connectivity index (χ2v) is 6.38. The monoisotopic (exact) mass is 272 g/mol. The first-order valence-corrected chi connectivity index (χ1v) is 7.83. The molecule has 2 saturated carbocycles. The Morgan fingerprint density at radius 3 is 2.30 bits per heavy atom. The second-order valence-electron chi connectivity index (χ2n) is 6.38. The topological polar surface area (TPSA) is 55.1 Å². The molecule has 0 atom stereocenters. The number of amides is 1. The van der Waals surface area contributed by atoms with Gasteiger partial charge in [-0.15, -0.1) is 0 Å². The summed E-state index contributed by atoms with van der Waals surface area (Å²) in [5.41, 5.74) is 7.60. The summed E-state index contributed by atoms with van der Waals surface area (Å²) >= 11 is 0. The second kappa shape index (κ2) is 5.86. The number of nitrogen functional groups attached to an aromatic ring is 1. The Labute approximate surface area is 120 Å². The minimum atomic E-state index is 0.188. The summed E-state index contributed by atoms with van der Waals surface area (Å²) in [6.07, 6.45) is 6.88. The number of nitrogens with one attached hydrogen (secondary N) is 1. The lowest BCUT2D eigenvalue weighted by atomic mass is 9.98. The van der Waals surface area contributed by atoms with Gasteiger partial charge in [-0.2, -0.15) is 0 Å². The van der Waals surface area contributed by atoms with Gasteiger partial charge in [-0.3, -0.25) is 4.79 Å². The van der Waals surface area contributed by atoms with Gasteiger partial charge in [0.05, 0.1) is 0 Å². The van der Waals surface area contributed by atoms with Crippen molar-refractivity contribution in [2.75, 3.05) is 12.3 Å². The number of rotatable bonds is 7. The highest BCUT2D eigenvalue weighted by molar-refractivity contribution is 5.76. The summed E-state index contributed by atoms with van der Waals surface area (Å²) in [6.45, 7) is 0.899. The van der Waals surface area contributed by atoms with Crippen LogP contribution in [-0.2, 0) is 11.2 Å². The smallest absolute Gasteiger partial charge is 0.220 e. The van der Waals surface area contributed by atoms with E-state index in [9.17, 15) is 4.79 Å². The summed E-state index contributed by atoms with van der Waals surface area (Å²) in [4.78, 5) is 11.9. The Morgan fingerprint density at radius 1 is 1.15 bits per heavy atom. The van der Waals surface area contributed by atoms with Gasteiger partial charge >= 0.3 is 0 Å². The van der Waals surface area contributed by atoms with Crippen molar-refractivity contribution < 1.29 is 4.79 Å². The largest absolute Gasteiger partial charge is 0.399 e. The van der Waals surface area contributed by atoms with E-state index in [1.165, 1.54) is 31.2 Å². The SMILES string of the molecule is Nc1ccc(CCC(=O)NCC(C2CC2)C2CC2)cc1. The fraction of sp³-hybridized carbons (Fsp3) is 0.588. The van der Waals surface area contributed by atoms with Crippen molar-refractivity contribution in [1.82, 2.24) is 5.32 Å².